The van der Waals surface area contributed by atoms with Crippen molar-refractivity contribution in [2.45, 2.75) is 31.5 Å². The summed E-state index contributed by atoms with van der Waals surface area (Å²) in [5.41, 5.74) is -0.937. The monoisotopic (exact) mass is 379 g/mol. The van der Waals surface area contributed by atoms with E-state index in [0.29, 0.717) is 0 Å². The van der Waals surface area contributed by atoms with E-state index >= 15 is 0 Å². The lowest BCUT2D eigenvalue weighted by molar-refractivity contribution is -0.218. The zero-order chi connectivity index (χ0) is 21.1. The van der Waals surface area contributed by atoms with E-state index in [1.807, 2.05) is 0 Å². The van der Waals surface area contributed by atoms with Gasteiger partial charge in [0.1, 0.15) is 12.2 Å². The van der Waals surface area contributed by atoms with Crippen LogP contribution in [0.5, 0.6) is 0 Å². The molecular weight excluding hydrogens is 356 g/mol. The Bertz CT molecular complexity index is 976. The van der Waals surface area contributed by atoms with Crippen LogP contribution in [0, 0.1) is 6.92 Å². The Morgan fingerprint density at radius 1 is 1.44 bits per heavy atom. The second-order valence-corrected chi connectivity index (χ2v) is 6.10. The Hall–Kier alpha value is -2.75. The molecule has 1 aromatic carbocycles. The van der Waals surface area contributed by atoms with Crippen molar-refractivity contribution < 1.29 is 26.9 Å². The summed E-state index contributed by atoms with van der Waals surface area (Å²) in [4.78, 5) is 38.3. The summed E-state index contributed by atoms with van der Waals surface area (Å²) < 4.78 is 31.5. The van der Waals surface area contributed by atoms with Gasteiger partial charge >= 0.3 is 11.7 Å². The van der Waals surface area contributed by atoms with Crippen LogP contribution in [0.1, 0.15) is 24.9 Å². The molecule has 2 N–H and O–H groups in total. The van der Waals surface area contributed by atoms with Crippen LogP contribution in [0.2, 0.25) is 0 Å². The fraction of sp³-hybridized carbons (Fsp3) is 0.389. The molecule has 2 aromatic rings. The van der Waals surface area contributed by atoms with Crippen LogP contribution < -0.4 is 11.2 Å². The summed E-state index contributed by atoms with van der Waals surface area (Å²) in [7, 11) is -1.71. The van der Waals surface area contributed by atoms with Crippen molar-refractivity contribution in [3.05, 3.63) is 68.5 Å². The highest BCUT2D eigenvalue weighted by atomic mass is 16.6. The number of aliphatic hydroxyl groups is 1. The van der Waals surface area contributed by atoms with Gasteiger partial charge in [-0.2, -0.15) is 0 Å². The third-order valence-corrected chi connectivity index (χ3v) is 4.27. The van der Waals surface area contributed by atoms with E-state index in [9.17, 15) is 19.5 Å². The fourth-order valence-electron chi connectivity index (χ4n) is 2.82. The number of H-pyrrole nitrogens is 1. The highest BCUT2D eigenvalue weighted by molar-refractivity contribution is 5.89. The van der Waals surface area contributed by atoms with E-state index in [1.165, 1.54) is 25.3 Å². The van der Waals surface area contributed by atoms with Crippen molar-refractivity contribution >= 4 is 5.97 Å². The lowest BCUT2D eigenvalue weighted by atomic mass is 10.0. The number of carbonyl (C=O) groups is 1. The molecule has 1 aromatic heterocycles. The van der Waals surface area contributed by atoms with Crippen molar-refractivity contribution in [1.82, 2.24) is 9.55 Å². The maximum atomic E-state index is 12.5. The van der Waals surface area contributed by atoms with Crippen LogP contribution in [0.15, 0.2) is 46.1 Å². The molecule has 27 heavy (non-hydrogen) atoms. The van der Waals surface area contributed by atoms with E-state index in [2.05, 4.69) is 4.98 Å². The van der Waals surface area contributed by atoms with E-state index in [1.54, 1.807) is 18.2 Å². The number of aromatic amines is 1. The van der Waals surface area contributed by atoms with Crippen LogP contribution in [0.25, 0.3) is 0 Å². The molecule has 1 aliphatic heterocycles. The number of hydrogen-bond acceptors (Lipinski definition) is 7. The molecule has 5 atom stereocenters. The Kier molecular flexibility index (Phi) is 4.79. The first kappa shape index (κ1) is 16.4. The molecule has 5 unspecified atom stereocenters. The van der Waals surface area contributed by atoms with E-state index < -0.39 is 48.8 Å². The van der Waals surface area contributed by atoms with Crippen molar-refractivity contribution in [3.8, 4) is 0 Å². The van der Waals surface area contributed by atoms with Gasteiger partial charge in [-0.25, -0.2) is 9.59 Å². The zero-order valence-electron chi connectivity index (χ0n) is 16.4. The second kappa shape index (κ2) is 7.87. The average Bonchev–Trinajstić information content (AvgIpc) is 2.68. The Labute approximate surface area is 156 Å². The van der Waals surface area contributed by atoms with Crippen molar-refractivity contribution in [2.75, 3.05) is 13.7 Å². The number of nitrogens with one attached hydrogen (secondary N) is 1. The Morgan fingerprint density at radius 3 is 2.89 bits per heavy atom. The summed E-state index contributed by atoms with van der Waals surface area (Å²) in [6.07, 6.45) is -4.04. The summed E-state index contributed by atoms with van der Waals surface area (Å²) in [6.45, 7) is 1.22. The molecule has 1 fully saturated rings. The molecule has 0 aliphatic carbocycles. The predicted octanol–water partition coefficient (Wildman–Crippen LogP) is -0.0247. The largest absolute Gasteiger partial charge is 0.453 e. The molecule has 0 radical (unpaired) electrons. The molecule has 144 valence electrons. The highest BCUT2D eigenvalue weighted by Crippen LogP contribution is 2.27. The van der Waals surface area contributed by atoms with Crippen molar-refractivity contribution in [3.63, 3.8) is 0 Å². The van der Waals surface area contributed by atoms with Crippen molar-refractivity contribution in [1.29, 1.82) is 0 Å². The number of rotatable bonds is 4. The molecule has 0 amide bonds. The van der Waals surface area contributed by atoms with E-state index in [4.69, 9.17) is 17.0 Å². The minimum Gasteiger partial charge on any atom is -0.453 e. The van der Waals surface area contributed by atoms with Crippen LogP contribution in [0.4, 0.5) is 0 Å². The van der Waals surface area contributed by atoms with Crippen LogP contribution in [-0.4, -0.2) is 52.6 Å². The number of aliphatic hydroxyl groups excluding tert-OH is 1. The minimum absolute atomic E-state index is 0.217. The topological polar surface area (TPSA) is 120 Å². The van der Waals surface area contributed by atoms with Crippen LogP contribution in [0.3, 0.4) is 0 Å². The van der Waals surface area contributed by atoms with Crippen LogP contribution >= 0.6 is 0 Å². The molecule has 9 heteroatoms. The number of aromatic nitrogens is 2. The first-order chi connectivity index (χ1) is 13.8. The number of carbonyl (C=O) groups excluding carboxylic acids is 1. The second-order valence-electron chi connectivity index (χ2n) is 6.10. The number of methoxy groups -OCH3 is 1. The average molecular weight is 379 g/mol. The summed E-state index contributed by atoms with van der Waals surface area (Å²) in [5.74, 6) is -0.750. The molecule has 9 nitrogen and oxygen atoms in total. The van der Waals surface area contributed by atoms with Gasteiger partial charge in [0.25, 0.3) is 5.56 Å². The fourth-order valence-corrected chi connectivity index (χ4v) is 2.82. The van der Waals surface area contributed by atoms with Gasteiger partial charge in [-0.1, -0.05) is 18.2 Å². The standard InChI is InChI=1S/C18H20N2O7/c1-10-8-20(18(24)19-15(10)22)16-13(21)14(12(25-2)9-26-16)27-17(23)11-6-4-3-5-7-11/h3-8,12-14,16,21H,9H2,1-2H3,(H,19,22,24)/i2TD. The first-order valence-electron chi connectivity index (χ1n) is 9.31. The molecule has 3 rings (SSSR count). The quantitative estimate of drug-likeness (QED) is 0.716. The number of aryl methyl sites for hydroxylation is 1. The molecule has 0 saturated carbocycles. The lowest BCUT2D eigenvalue weighted by Gasteiger charge is -2.39. The molecule has 0 spiro atoms. The van der Waals surface area contributed by atoms with Gasteiger partial charge in [0.15, 0.2) is 12.3 Å². The maximum Gasteiger partial charge on any atom is 0.338 e. The van der Waals surface area contributed by atoms with Gasteiger partial charge < -0.3 is 19.3 Å². The number of nitrogens with zero attached hydrogens (tertiary/aromatic N) is 1. The van der Waals surface area contributed by atoms with Gasteiger partial charge in [0.05, 0.1) is 14.9 Å². The lowest BCUT2D eigenvalue weighted by Crippen LogP contribution is -2.55. The van der Waals surface area contributed by atoms with Gasteiger partial charge in [-0.15, -0.1) is 0 Å². The summed E-state index contributed by atoms with van der Waals surface area (Å²) in [5, 5.41) is 10.8. The third kappa shape index (κ3) is 3.85. The van der Waals surface area contributed by atoms with Gasteiger partial charge in [-0.05, 0) is 19.1 Å². The minimum atomic E-state index is -1.71. The van der Waals surface area contributed by atoms with E-state index in [-0.39, 0.29) is 17.7 Å². The number of ether oxygens (including phenoxy) is 3. The van der Waals surface area contributed by atoms with Gasteiger partial charge in [-0.3, -0.25) is 14.3 Å². The zero-order valence-corrected chi connectivity index (χ0v) is 14.4. The molecule has 1 aliphatic rings. The Balaban J connectivity index is 1.90. The van der Waals surface area contributed by atoms with Gasteiger partial charge in [0.2, 0.25) is 0 Å². The number of esters is 1. The molecule has 2 heterocycles. The normalized spacial score (nSPS) is 27.3. The predicted molar refractivity (Wildman–Crippen MR) is 93.5 cm³/mol. The Morgan fingerprint density at radius 2 is 2.19 bits per heavy atom. The summed E-state index contributed by atoms with van der Waals surface area (Å²) >= 11 is 0. The summed E-state index contributed by atoms with van der Waals surface area (Å²) in [6, 6.07) is 8.04. The molecular formula is C18H20N2O7. The first-order valence-corrected chi connectivity index (χ1v) is 8.15. The molecule has 1 saturated heterocycles. The maximum absolute atomic E-state index is 12.5. The molecule has 0 bridgehead atoms. The number of hydrogen-bond donors (Lipinski definition) is 2. The number of benzene rings is 1. The van der Waals surface area contributed by atoms with Crippen molar-refractivity contribution in [2.24, 2.45) is 0 Å². The highest BCUT2D eigenvalue weighted by Gasteiger charge is 2.43. The smallest absolute Gasteiger partial charge is 0.338 e. The third-order valence-electron chi connectivity index (χ3n) is 4.27. The van der Waals surface area contributed by atoms with E-state index in [0.717, 1.165) is 4.57 Å². The SMILES string of the molecule is [2H]C([3H])OC1COC(n2cc(C)c(=O)[nH]c2=O)C(O)C1OC(=O)c1ccccc1. The van der Waals surface area contributed by atoms with Crippen LogP contribution in [-0.2, 0) is 14.2 Å². The van der Waals surface area contributed by atoms with Gasteiger partial charge in [0, 0.05) is 18.8 Å².